The molecule has 0 atom stereocenters. The maximum Gasteiger partial charge on any atom is 0.417 e. The summed E-state index contributed by atoms with van der Waals surface area (Å²) in [5.41, 5.74) is -1.09. The van der Waals surface area contributed by atoms with E-state index in [1.54, 1.807) is 6.07 Å². The molecule has 39 heavy (non-hydrogen) atoms. The van der Waals surface area contributed by atoms with E-state index in [0.29, 0.717) is 12.8 Å². The largest absolute Gasteiger partial charge is 0.478 e. The number of carboxylic acids is 1. The standard InChI is InChI=1S/C26H24F3NO6S3/c27-26(28,29)23-10-9-21(38(33,34)20-6-2-1-3-7-20)16-24(23)37-17-18-11-13-30(14-12-18)39(35,36)22-8-4-5-19(15-22)25(31)32/h1-10,15-16,18H,11-14,17H2,(H,31,32). The first kappa shape index (κ1) is 29.1. The quantitative estimate of drug-likeness (QED) is 0.344. The third-order valence-electron chi connectivity index (χ3n) is 6.39. The van der Waals surface area contributed by atoms with Crippen LogP contribution < -0.4 is 0 Å². The van der Waals surface area contributed by atoms with E-state index >= 15 is 0 Å². The van der Waals surface area contributed by atoms with Crippen LogP contribution in [0.2, 0.25) is 0 Å². The highest BCUT2D eigenvalue weighted by atomic mass is 32.2. The lowest BCUT2D eigenvalue weighted by molar-refractivity contribution is -0.139. The van der Waals surface area contributed by atoms with Gasteiger partial charge >= 0.3 is 12.1 Å². The smallest absolute Gasteiger partial charge is 0.417 e. The number of hydrogen-bond acceptors (Lipinski definition) is 6. The van der Waals surface area contributed by atoms with Gasteiger partial charge in [0.05, 0.1) is 25.8 Å². The number of aromatic carboxylic acids is 1. The fourth-order valence-electron chi connectivity index (χ4n) is 4.22. The number of carboxylic acid groups (broad SMARTS) is 1. The van der Waals surface area contributed by atoms with Crippen LogP contribution in [0.5, 0.6) is 0 Å². The average Bonchev–Trinajstić information content (AvgIpc) is 2.92. The van der Waals surface area contributed by atoms with Gasteiger partial charge < -0.3 is 5.11 Å². The molecular formula is C26H24F3NO6S3. The number of alkyl halides is 3. The Kier molecular flexibility index (Phi) is 8.45. The van der Waals surface area contributed by atoms with Crippen molar-refractivity contribution in [1.82, 2.24) is 4.31 Å². The van der Waals surface area contributed by atoms with Gasteiger partial charge in [-0.1, -0.05) is 24.3 Å². The molecule has 0 amide bonds. The zero-order valence-electron chi connectivity index (χ0n) is 20.3. The number of benzene rings is 3. The Hall–Kier alpha value is -2.87. The molecule has 0 spiro atoms. The summed E-state index contributed by atoms with van der Waals surface area (Å²) in [6.07, 6.45) is -3.91. The van der Waals surface area contributed by atoms with Crippen molar-refractivity contribution >= 4 is 37.6 Å². The second-order valence-corrected chi connectivity index (χ2v) is 13.9. The highest BCUT2D eigenvalue weighted by Crippen LogP contribution is 2.40. The fraction of sp³-hybridized carbons (Fsp3) is 0.269. The molecule has 1 N–H and O–H groups in total. The maximum atomic E-state index is 13.7. The zero-order chi connectivity index (χ0) is 28.4. The molecule has 1 fully saturated rings. The maximum absolute atomic E-state index is 13.7. The summed E-state index contributed by atoms with van der Waals surface area (Å²) in [6, 6.07) is 15.3. The van der Waals surface area contributed by atoms with Crippen LogP contribution in [-0.4, -0.2) is 51.1 Å². The molecule has 7 nitrogen and oxygen atoms in total. The van der Waals surface area contributed by atoms with Crippen molar-refractivity contribution in [2.75, 3.05) is 18.8 Å². The molecule has 1 aliphatic rings. The predicted octanol–water partition coefficient (Wildman–Crippen LogP) is 5.43. The molecular weight excluding hydrogens is 575 g/mol. The number of nitrogens with zero attached hydrogens (tertiary/aromatic N) is 1. The van der Waals surface area contributed by atoms with Crippen molar-refractivity contribution in [1.29, 1.82) is 0 Å². The van der Waals surface area contributed by atoms with E-state index in [1.807, 2.05) is 0 Å². The Balaban J connectivity index is 1.48. The number of hydrogen-bond donors (Lipinski definition) is 1. The molecule has 1 saturated heterocycles. The van der Waals surface area contributed by atoms with Crippen LogP contribution in [0, 0.1) is 5.92 Å². The number of rotatable bonds is 8. The van der Waals surface area contributed by atoms with E-state index < -0.39 is 37.6 Å². The van der Waals surface area contributed by atoms with Crippen LogP contribution in [-0.2, 0) is 26.0 Å². The third kappa shape index (κ3) is 6.48. The molecule has 0 bridgehead atoms. The minimum Gasteiger partial charge on any atom is -0.478 e. The summed E-state index contributed by atoms with van der Waals surface area (Å²) in [5.74, 6) is -1.12. The molecule has 0 unspecified atom stereocenters. The van der Waals surface area contributed by atoms with Gasteiger partial charge in [-0.05, 0) is 67.3 Å². The van der Waals surface area contributed by atoms with E-state index in [9.17, 15) is 34.8 Å². The van der Waals surface area contributed by atoms with Crippen molar-refractivity contribution in [3.05, 3.63) is 83.9 Å². The minimum absolute atomic E-state index is 0.0248. The van der Waals surface area contributed by atoms with Gasteiger partial charge in [-0.3, -0.25) is 0 Å². The van der Waals surface area contributed by atoms with Gasteiger partial charge in [0.25, 0.3) is 0 Å². The summed E-state index contributed by atoms with van der Waals surface area (Å²) < 4.78 is 94.3. The van der Waals surface area contributed by atoms with Gasteiger partial charge in [0, 0.05) is 23.7 Å². The minimum atomic E-state index is -4.68. The van der Waals surface area contributed by atoms with Crippen LogP contribution in [0.15, 0.2) is 92.4 Å². The van der Waals surface area contributed by atoms with Crippen molar-refractivity contribution in [3.8, 4) is 0 Å². The highest BCUT2D eigenvalue weighted by Gasteiger charge is 2.35. The predicted molar refractivity (Wildman–Crippen MR) is 139 cm³/mol. The van der Waals surface area contributed by atoms with Gasteiger partial charge in [-0.15, -0.1) is 11.8 Å². The Morgan fingerprint density at radius 2 is 1.51 bits per heavy atom. The molecule has 4 rings (SSSR count). The second-order valence-electron chi connectivity index (χ2n) is 8.96. The lowest BCUT2D eigenvalue weighted by Crippen LogP contribution is -2.39. The first-order chi connectivity index (χ1) is 18.3. The normalized spacial score (nSPS) is 15.8. The van der Waals surface area contributed by atoms with Crippen molar-refractivity contribution in [2.24, 2.45) is 5.92 Å². The van der Waals surface area contributed by atoms with E-state index in [4.69, 9.17) is 5.11 Å². The molecule has 13 heteroatoms. The van der Waals surface area contributed by atoms with E-state index in [1.165, 1.54) is 46.8 Å². The Morgan fingerprint density at radius 3 is 2.13 bits per heavy atom. The third-order valence-corrected chi connectivity index (χ3v) is 11.3. The molecule has 208 valence electrons. The van der Waals surface area contributed by atoms with E-state index in [0.717, 1.165) is 36.0 Å². The van der Waals surface area contributed by atoms with Crippen LogP contribution in [0.4, 0.5) is 13.2 Å². The molecule has 0 aromatic heterocycles. The van der Waals surface area contributed by atoms with Gasteiger partial charge in [0.2, 0.25) is 19.9 Å². The van der Waals surface area contributed by atoms with E-state index in [-0.39, 0.29) is 49.9 Å². The van der Waals surface area contributed by atoms with Gasteiger partial charge in [-0.25, -0.2) is 21.6 Å². The highest BCUT2D eigenvalue weighted by molar-refractivity contribution is 7.99. The summed E-state index contributed by atoms with van der Waals surface area (Å²) in [5, 5.41) is 9.15. The van der Waals surface area contributed by atoms with Crippen LogP contribution in [0.1, 0.15) is 28.8 Å². The fourth-order valence-corrected chi connectivity index (χ4v) is 8.42. The van der Waals surface area contributed by atoms with Gasteiger partial charge in [0.15, 0.2) is 0 Å². The topological polar surface area (TPSA) is 109 Å². The number of carbonyl (C=O) groups is 1. The summed E-state index contributed by atoms with van der Waals surface area (Å²) in [6.45, 7) is 0.249. The van der Waals surface area contributed by atoms with Gasteiger partial charge in [-0.2, -0.15) is 17.5 Å². The molecule has 1 heterocycles. The van der Waals surface area contributed by atoms with Crippen molar-refractivity contribution in [2.45, 2.75) is 38.6 Å². The Bertz CT molecular complexity index is 1570. The summed E-state index contributed by atoms with van der Waals surface area (Å²) in [7, 11) is -7.95. The van der Waals surface area contributed by atoms with Crippen LogP contribution in [0.3, 0.4) is 0 Å². The molecule has 0 saturated carbocycles. The summed E-state index contributed by atoms with van der Waals surface area (Å²) >= 11 is 0.898. The van der Waals surface area contributed by atoms with Crippen LogP contribution >= 0.6 is 11.8 Å². The average molecular weight is 600 g/mol. The van der Waals surface area contributed by atoms with Gasteiger partial charge in [0.1, 0.15) is 0 Å². The number of sulfone groups is 1. The number of halogens is 3. The van der Waals surface area contributed by atoms with E-state index in [2.05, 4.69) is 0 Å². The summed E-state index contributed by atoms with van der Waals surface area (Å²) in [4.78, 5) is 10.6. The number of sulfonamides is 1. The Labute approximate surface area is 228 Å². The molecule has 0 radical (unpaired) electrons. The Morgan fingerprint density at radius 1 is 0.872 bits per heavy atom. The number of thioether (sulfide) groups is 1. The first-order valence-electron chi connectivity index (χ1n) is 11.8. The first-order valence-corrected chi connectivity index (χ1v) is 15.7. The lowest BCUT2D eigenvalue weighted by Gasteiger charge is -2.31. The molecule has 3 aromatic carbocycles. The zero-order valence-corrected chi connectivity index (χ0v) is 22.8. The molecule has 3 aromatic rings. The lowest BCUT2D eigenvalue weighted by atomic mass is 10.0. The van der Waals surface area contributed by atoms with Crippen molar-refractivity contribution in [3.63, 3.8) is 0 Å². The van der Waals surface area contributed by atoms with Crippen molar-refractivity contribution < 1.29 is 39.9 Å². The monoisotopic (exact) mass is 599 g/mol. The second kappa shape index (κ2) is 11.3. The molecule has 1 aliphatic heterocycles. The van der Waals surface area contributed by atoms with Crippen LogP contribution in [0.25, 0.3) is 0 Å². The number of piperidine rings is 1. The molecule has 0 aliphatic carbocycles. The SMILES string of the molecule is O=C(O)c1cccc(S(=O)(=O)N2CCC(CSc3cc(S(=O)(=O)c4ccccc4)ccc3C(F)(F)F)CC2)c1.